The molecule has 0 unspecified atom stereocenters. The Morgan fingerprint density at radius 1 is 1.35 bits per heavy atom. The van der Waals surface area contributed by atoms with Gasteiger partial charge in [-0.1, -0.05) is 5.16 Å². The Balaban J connectivity index is 1.94. The SMILES string of the molecule is Cc1nc(Cc2nc(CCN(C)C)no2)cs1. The van der Waals surface area contributed by atoms with Crippen molar-refractivity contribution in [2.24, 2.45) is 0 Å². The maximum atomic E-state index is 5.20. The van der Waals surface area contributed by atoms with Gasteiger partial charge in [0.2, 0.25) is 5.89 Å². The third-order valence-corrected chi connectivity index (χ3v) is 3.11. The topological polar surface area (TPSA) is 55.1 Å². The molecule has 2 aromatic rings. The largest absolute Gasteiger partial charge is 0.339 e. The van der Waals surface area contributed by atoms with Gasteiger partial charge in [0.1, 0.15) is 0 Å². The van der Waals surface area contributed by atoms with Crippen LogP contribution in [0.15, 0.2) is 9.90 Å². The Kier molecular flexibility index (Phi) is 3.86. The smallest absolute Gasteiger partial charge is 0.232 e. The second-order valence-electron chi connectivity index (χ2n) is 4.19. The predicted molar refractivity (Wildman–Crippen MR) is 66.2 cm³/mol. The lowest BCUT2D eigenvalue weighted by atomic mass is 10.3. The molecule has 2 heterocycles. The van der Waals surface area contributed by atoms with E-state index < -0.39 is 0 Å². The van der Waals surface area contributed by atoms with E-state index in [2.05, 4.69) is 20.0 Å². The minimum Gasteiger partial charge on any atom is -0.339 e. The van der Waals surface area contributed by atoms with Crippen LogP contribution in [0.25, 0.3) is 0 Å². The van der Waals surface area contributed by atoms with Crippen LogP contribution in [0.4, 0.5) is 0 Å². The molecule has 6 heteroatoms. The van der Waals surface area contributed by atoms with Gasteiger partial charge in [-0.3, -0.25) is 0 Å². The van der Waals surface area contributed by atoms with Crippen LogP contribution in [-0.4, -0.2) is 40.7 Å². The maximum absolute atomic E-state index is 5.20. The Morgan fingerprint density at radius 2 is 2.18 bits per heavy atom. The van der Waals surface area contributed by atoms with Gasteiger partial charge >= 0.3 is 0 Å². The zero-order valence-corrected chi connectivity index (χ0v) is 11.1. The van der Waals surface area contributed by atoms with Gasteiger partial charge in [0.05, 0.1) is 17.1 Å². The first-order chi connectivity index (χ1) is 8.13. The van der Waals surface area contributed by atoms with E-state index in [9.17, 15) is 0 Å². The lowest BCUT2D eigenvalue weighted by molar-refractivity contribution is 0.370. The Bertz CT molecular complexity index is 477. The minimum absolute atomic E-state index is 0.624. The van der Waals surface area contributed by atoms with Crippen molar-refractivity contribution in [1.82, 2.24) is 20.0 Å². The van der Waals surface area contributed by atoms with Gasteiger partial charge in [-0.15, -0.1) is 11.3 Å². The van der Waals surface area contributed by atoms with E-state index in [0.717, 1.165) is 29.5 Å². The highest BCUT2D eigenvalue weighted by Gasteiger charge is 2.09. The highest BCUT2D eigenvalue weighted by molar-refractivity contribution is 7.09. The number of thiazole rings is 1. The number of aryl methyl sites for hydroxylation is 1. The van der Waals surface area contributed by atoms with Crippen molar-refractivity contribution in [2.45, 2.75) is 19.8 Å². The molecule has 17 heavy (non-hydrogen) atoms. The fourth-order valence-corrected chi connectivity index (χ4v) is 2.04. The van der Waals surface area contributed by atoms with Crippen molar-refractivity contribution in [3.05, 3.63) is 27.8 Å². The van der Waals surface area contributed by atoms with Crippen LogP contribution >= 0.6 is 11.3 Å². The van der Waals surface area contributed by atoms with Gasteiger partial charge < -0.3 is 9.42 Å². The van der Waals surface area contributed by atoms with Crippen molar-refractivity contribution in [1.29, 1.82) is 0 Å². The van der Waals surface area contributed by atoms with Crippen LogP contribution in [0.2, 0.25) is 0 Å². The molecular formula is C11H16N4OS. The van der Waals surface area contributed by atoms with E-state index in [1.165, 1.54) is 0 Å². The molecule has 0 aliphatic carbocycles. The van der Waals surface area contributed by atoms with Crippen molar-refractivity contribution >= 4 is 11.3 Å². The molecule has 0 spiro atoms. The minimum atomic E-state index is 0.624. The Hall–Kier alpha value is -1.27. The molecule has 0 aromatic carbocycles. The van der Waals surface area contributed by atoms with Gasteiger partial charge in [0, 0.05) is 18.3 Å². The Labute approximate surface area is 104 Å². The van der Waals surface area contributed by atoms with E-state index in [1.54, 1.807) is 11.3 Å². The van der Waals surface area contributed by atoms with Crippen molar-refractivity contribution < 1.29 is 4.52 Å². The average molecular weight is 252 g/mol. The van der Waals surface area contributed by atoms with E-state index in [0.29, 0.717) is 12.3 Å². The molecule has 0 bridgehead atoms. The summed E-state index contributed by atoms with van der Waals surface area (Å²) in [6.45, 7) is 2.92. The number of nitrogens with zero attached hydrogens (tertiary/aromatic N) is 4. The number of likely N-dealkylation sites (N-methyl/N-ethyl adjacent to an activating group) is 1. The van der Waals surface area contributed by atoms with Crippen molar-refractivity contribution in [2.75, 3.05) is 20.6 Å². The second kappa shape index (κ2) is 5.37. The third-order valence-electron chi connectivity index (χ3n) is 2.29. The molecule has 0 fully saturated rings. The molecule has 0 aliphatic rings. The summed E-state index contributed by atoms with van der Waals surface area (Å²) >= 11 is 1.64. The number of hydrogen-bond acceptors (Lipinski definition) is 6. The molecule has 2 aromatic heterocycles. The quantitative estimate of drug-likeness (QED) is 0.807. The van der Waals surface area contributed by atoms with Crippen molar-refractivity contribution in [3.8, 4) is 0 Å². The Morgan fingerprint density at radius 3 is 2.82 bits per heavy atom. The third kappa shape index (κ3) is 3.61. The first-order valence-electron chi connectivity index (χ1n) is 5.50. The summed E-state index contributed by atoms with van der Waals surface area (Å²) in [5, 5.41) is 7.04. The zero-order chi connectivity index (χ0) is 12.3. The van der Waals surface area contributed by atoms with E-state index in [4.69, 9.17) is 4.52 Å². The fraction of sp³-hybridized carbons (Fsp3) is 0.545. The summed E-state index contributed by atoms with van der Waals surface area (Å²) in [6, 6.07) is 0. The van der Waals surface area contributed by atoms with Gasteiger partial charge in [-0.2, -0.15) is 4.98 Å². The fourth-order valence-electron chi connectivity index (χ4n) is 1.43. The van der Waals surface area contributed by atoms with E-state index in [-0.39, 0.29) is 0 Å². The average Bonchev–Trinajstić information content (AvgIpc) is 2.86. The molecule has 0 saturated carbocycles. The lowest BCUT2D eigenvalue weighted by Gasteiger charge is -2.05. The monoisotopic (exact) mass is 252 g/mol. The first-order valence-corrected chi connectivity index (χ1v) is 6.38. The van der Waals surface area contributed by atoms with Crippen LogP contribution in [0, 0.1) is 6.92 Å². The summed E-state index contributed by atoms with van der Waals surface area (Å²) in [5.41, 5.74) is 0.996. The van der Waals surface area contributed by atoms with Crippen LogP contribution in [0.1, 0.15) is 22.4 Å². The normalized spacial score (nSPS) is 11.3. The van der Waals surface area contributed by atoms with E-state index >= 15 is 0 Å². The molecular weight excluding hydrogens is 236 g/mol. The highest BCUT2D eigenvalue weighted by atomic mass is 32.1. The van der Waals surface area contributed by atoms with Gasteiger partial charge in [0.25, 0.3) is 0 Å². The van der Waals surface area contributed by atoms with Crippen LogP contribution < -0.4 is 0 Å². The standard InChI is InChI=1S/C11H16N4OS/c1-8-12-9(7-17-8)6-11-13-10(14-16-11)4-5-15(2)3/h7H,4-6H2,1-3H3. The number of hydrogen-bond donors (Lipinski definition) is 0. The molecule has 0 radical (unpaired) electrons. The molecule has 0 aliphatic heterocycles. The van der Waals surface area contributed by atoms with Gasteiger partial charge in [0.15, 0.2) is 5.82 Å². The lowest BCUT2D eigenvalue weighted by Crippen LogP contribution is -2.15. The van der Waals surface area contributed by atoms with Crippen molar-refractivity contribution in [3.63, 3.8) is 0 Å². The van der Waals surface area contributed by atoms with Crippen LogP contribution in [0.3, 0.4) is 0 Å². The molecule has 0 N–H and O–H groups in total. The summed E-state index contributed by atoms with van der Waals surface area (Å²) in [4.78, 5) is 10.8. The maximum Gasteiger partial charge on any atom is 0.232 e. The summed E-state index contributed by atoms with van der Waals surface area (Å²) in [6.07, 6.45) is 1.44. The first kappa shape index (κ1) is 12.2. The second-order valence-corrected chi connectivity index (χ2v) is 5.25. The predicted octanol–water partition coefficient (Wildman–Crippen LogP) is 1.53. The molecule has 92 valence electrons. The van der Waals surface area contributed by atoms with Crippen LogP contribution in [0.5, 0.6) is 0 Å². The summed E-state index contributed by atoms with van der Waals surface area (Å²) < 4.78 is 5.20. The summed E-state index contributed by atoms with van der Waals surface area (Å²) in [7, 11) is 4.05. The van der Waals surface area contributed by atoms with Gasteiger partial charge in [-0.05, 0) is 21.0 Å². The summed E-state index contributed by atoms with van der Waals surface area (Å²) in [5.74, 6) is 1.41. The number of rotatable bonds is 5. The molecule has 5 nitrogen and oxygen atoms in total. The van der Waals surface area contributed by atoms with Gasteiger partial charge in [-0.25, -0.2) is 4.98 Å². The van der Waals surface area contributed by atoms with Crippen LogP contribution in [-0.2, 0) is 12.8 Å². The zero-order valence-electron chi connectivity index (χ0n) is 10.3. The molecule has 0 atom stereocenters. The molecule has 2 rings (SSSR count). The molecule has 0 amide bonds. The van der Waals surface area contributed by atoms with E-state index in [1.807, 2.05) is 26.4 Å². The molecule has 0 saturated heterocycles. The highest BCUT2D eigenvalue weighted by Crippen LogP contribution is 2.12. The number of aromatic nitrogens is 3.